The second kappa shape index (κ2) is 16.4. The maximum Gasteiger partial charge on any atom is 0.407 e. The Labute approximate surface area is 267 Å². The van der Waals surface area contributed by atoms with Gasteiger partial charge in [0, 0.05) is 36.8 Å². The fourth-order valence-electron chi connectivity index (χ4n) is 5.25. The van der Waals surface area contributed by atoms with E-state index in [2.05, 4.69) is 27.9 Å². The highest BCUT2D eigenvalue weighted by Gasteiger charge is 2.31. The number of unbranched alkanes of at least 4 members (excludes halogenated alkanes) is 1. The van der Waals surface area contributed by atoms with Crippen LogP contribution in [0, 0.1) is 17.8 Å². The minimum absolute atomic E-state index is 0.0960. The number of fused-ring (bicyclic) bond motifs is 1. The lowest BCUT2D eigenvalue weighted by Gasteiger charge is -2.32. The number of amides is 3. The quantitative estimate of drug-likeness (QED) is 0.163. The number of rotatable bonds is 15. The summed E-state index contributed by atoms with van der Waals surface area (Å²) in [5, 5.41) is 21.0. The number of ether oxygens (including phenoxy) is 1. The van der Waals surface area contributed by atoms with E-state index in [0.717, 1.165) is 23.7 Å². The number of carbonyl (C=O) groups is 3. The minimum Gasteiger partial charge on any atom is -0.444 e. The Morgan fingerprint density at radius 3 is 2.36 bits per heavy atom. The van der Waals surface area contributed by atoms with E-state index in [4.69, 9.17) is 4.74 Å². The lowest BCUT2D eigenvalue weighted by Crippen LogP contribution is -2.49. The van der Waals surface area contributed by atoms with Gasteiger partial charge in [-0.1, -0.05) is 58.4 Å². The van der Waals surface area contributed by atoms with Crippen LogP contribution < -0.4 is 16.0 Å². The van der Waals surface area contributed by atoms with E-state index in [1.165, 1.54) is 0 Å². The topological polar surface area (TPSA) is 135 Å². The highest BCUT2D eigenvalue weighted by molar-refractivity contribution is 6.07. The Morgan fingerprint density at radius 1 is 1.00 bits per heavy atom. The largest absolute Gasteiger partial charge is 0.444 e. The first-order chi connectivity index (χ1) is 21.3. The highest BCUT2D eigenvalue weighted by Crippen LogP contribution is 2.25. The van der Waals surface area contributed by atoms with Crippen molar-refractivity contribution in [1.29, 1.82) is 0 Å². The predicted molar refractivity (Wildman–Crippen MR) is 177 cm³/mol. The van der Waals surface area contributed by atoms with Crippen molar-refractivity contribution in [3.05, 3.63) is 60.4 Å². The van der Waals surface area contributed by atoms with Gasteiger partial charge in [0.1, 0.15) is 11.4 Å². The zero-order chi connectivity index (χ0) is 33.1. The molecule has 45 heavy (non-hydrogen) atoms. The van der Waals surface area contributed by atoms with Gasteiger partial charge >= 0.3 is 6.09 Å². The smallest absolute Gasteiger partial charge is 0.407 e. The number of benzene rings is 1. The molecule has 3 amide bonds. The standard InChI is InChI=1S/C35H51N5O5/c1-8-9-17-37-32(42)24(4)19-30(41)28(39-34(44)45-35(5,6)7)20-25(23(2)3)21-38-33(43)27-22-40(31-16-12-13-18-36-31)29-15-11-10-14-26(27)29/h10-16,18,22-25,28,30,41H,8-9,17,19-21H2,1-7H3,(H,37,42)(H,38,43)(H,39,44)/t24-,25+,28+,30+/m1/s1. The number of aliphatic hydroxyl groups is 1. The van der Waals surface area contributed by atoms with Gasteiger partial charge in [0.15, 0.2) is 0 Å². The monoisotopic (exact) mass is 621 g/mol. The summed E-state index contributed by atoms with van der Waals surface area (Å²) in [6.07, 6.45) is 4.27. The Balaban J connectivity index is 1.77. The molecule has 0 bridgehead atoms. The first-order valence-electron chi connectivity index (χ1n) is 16.1. The summed E-state index contributed by atoms with van der Waals surface area (Å²) < 4.78 is 7.40. The molecule has 10 nitrogen and oxygen atoms in total. The van der Waals surface area contributed by atoms with E-state index in [1.807, 2.05) is 60.9 Å². The molecule has 0 aliphatic heterocycles. The zero-order valence-electron chi connectivity index (χ0n) is 27.8. The van der Waals surface area contributed by atoms with Crippen molar-refractivity contribution >= 4 is 28.8 Å². The number of aliphatic hydroxyl groups excluding tert-OH is 1. The van der Waals surface area contributed by atoms with Crippen LogP contribution in [0.1, 0.15) is 84.5 Å². The molecule has 0 unspecified atom stereocenters. The van der Waals surface area contributed by atoms with Gasteiger partial charge < -0.3 is 30.4 Å². The van der Waals surface area contributed by atoms with E-state index in [-0.39, 0.29) is 30.1 Å². The molecule has 0 fully saturated rings. The van der Waals surface area contributed by atoms with Crippen LogP contribution in [0.3, 0.4) is 0 Å². The average molecular weight is 622 g/mol. The summed E-state index contributed by atoms with van der Waals surface area (Å²) in [4.78, 5) is 43.5. The number of para-hydroxylation sites is 1. The van der Waals surface area contributed by atoms with Crippen LogP contribution >= 0.6 is 0 Å². The van der Waals surface area contributed by atoms with E-state index < -0.39 is 29.8 Å². The van der Waals surface area contributed by atoms with Crippen molar-refractivity contribution in [2.45, 2.75) is 91.9 Å². The van der Waals surface area contributed by atoms with Crippen LogP contribution in [-0.2, 0) is 9.53 Å². The molecular weight excluding hydrogens is 570 g/mol. The van der Waals surface area contributed by atoms with E-state index in [9.17, 15) is 19.5 Å². The Hall–Kier alpha value is -3.92. The van der Waals surface area contributed by atoms with Gasteiger partial charge in [0.25, 0.3) is 5.91 Å². The fourth-order valence-corrected chi connectivity index (χ4v) is 5.25. The van der Waals surface area contributed by atoms with Crippen molar-refractivity contribution in [2.75, 3.05) is 13.1 Å². The summed E-state index contributed by atoms with van der Waals surface area (Å²) in [7, 11) is 0. The first-order valence-corrected chi connectivity index (χ1v) is 16.1. The molecule has 2 heterocycles. The van der Waals surface area contributed by atoms with E-state index in [0.29, 0.717) is 30.9 Å². The number of pyridine rings is 1. The molecule has 4 atom stereocenters. The lowest BCUT2D eigenvalue weighted by molar-refractivity contribution is -0.125. The molecule has 0 spiro atoms. The molecule has 0 saturated heterocycles. The fraction of sp³-hybridized carbons (Fsp3) is 0.543. The van der Waals surface area contributed by atoms with Gasteiger partial charge in [-0.2, -0.15) is 0 Å². The molecule has 3 rings (SSSR count). The molecule has 246 valence electrons. The predicted octanol–water partition coefficient (Wildman–Crippen LogP) is 5.61. The van der Waals surface area contributed by atoms with Crippen LogP contribution in [0.2, 0.25) is 0 Å². The highest BCUT2D eigenvalue weighted by atomic mass is 16.6. The summed E-state index contributed by atoms with van der Waals surface area (Å²) >= 11 is 0. The molecule has 0 aliphatic rings. The third-order valence-corrected chi connectivity index (χ3v) is 7.92. The Kier molecular flexibility index (Phi) is 13.0. The minimum atomic E-state index is -1.00. The first kappa shape index (κ1) is 35.6. The number of hydrogen-bond acceptors (Lipinski definition) is 6. The Morgan fingerprint density at radius 2 is 1.71 bits per heavy atom. The molecule has 2 aromatic heterocycles. The van der Waals surface area contributed by atoms with Crippen molar-refractivity contribution in [3.8, 4) is 5.82 Å². The lowest BCUT2D eigenvalue weighted by atomic mass is 9.85. The molecule has 0 aliphatic carbocycles. The number of aromatic nitrogens is 2. The van der Waals surface area contributed by atoms with Crippen LogP contribution in [0.5, 0.6) is 0 Å². The number of nitrogens with zero attached hydrogens (tertiary/aromatic N) is 2. The van der Waals surface area contributed by atoms with Gasteiger partial charge in [0.2, 0.25) is 5.91 Å². The molecule has 10 heteroatoms. The summed E-state index contributed by atoms with van der Waals surface area (Å²) in [5.41, 5.74) is 0.691. The molecule has 0 radical (unpaired) electrons. The van der Waals surface area contributed by atoms with Crippen molar-refractivity contribution in [2.24, 2.45) is 17.8 Å². The van der Waals surface area contributed by atoms with Gasteiger partial charge in [-0.15, -0.1) is 0 Å². The number of carbonyl (C=O) groups excluding carboxylic acids is 3. The summed E-state index contributed by atoms with van der Waals surface area (Å²) in [5.74, 6) is -0.0665. The van der Waals surface area contributed by atoms with Crippen LogP contribution in [0.25, 0.3) is 16.7 Å². The van der Waals surface area contributed by atoms with Crippen LogP contribution in [-0.4, -0.2) is 63.4 Å². The van der Waals surface area contributed by atoms with Gasteiger partial charge in [-0.05, 0) is 70.1 Å². The van der Waals surface area contributed by atoms with Crippen LogP contribution in [0.4, 0.5) is 4.79 Å². The second-order valence-electron chi connectivity index (χ2n) is 13.2. The van der Waals surface area contributed by atoms with Crippen molar-refractivity contribution in [1.82, 2.24) is 25.5 Å². The molecule has 3 aromatic rings. The maximum atomic E-state index is 13.6. The zero-order valence-corrected chi connectivity index (χ0v) is 27.8. The SMILES string of the molecule is CCCCNC(=O)[C@H](C)C[C@H](O)[C@H](C[C@@H](CNC(=O)c1cn(-c2ccccn2)c2ccccc12)C(C)C)NC(=O)OC(C)(C)C. The summed E-state index contributed by atoms with van der Waals surface area (Å²) in [6.45, 7) is 14.2. The van der Waals surface area contributed by atoms with E-state index in [1.54, 1.807) is 40.1 Å². The van der Waals surface area contributed by atoms with Gasteiger partial charge in [0.05, 0.1) is 23.2 Å². The number of hydrogen-bond donors (Lipinski definition) is 4. The average Bonchev–Trinajstić information content (AvgIpc) is 3.37. The summed E-state index contributed by atoms with van der Waals surface area (Å²) in [6, 6.07) is 12.6. The van der Waals surface area contributed by atoms with E-state index >= 15 is 0 Å². The third kappa shape index (κ3) is 10.6. The molecule has 0 saturated carbocycles. The normalized spacial score (nSPS) is 14.4. The third-order valence-electron chi connectivity index (χ3n) is 7.92. The van der Waals surface area contributed by atoms with Crippen molar-refractivity contribution in [3.63, 3.8) is 0 Å². The van der Waals surface area contributed by atoms with Gasteiger partial charge in [-0.25, -0.2) is 9.78 Å². The second-order valence-corrected chi connectivity index (χ2v) is 13.2. The maximum absolute atomic E-state index is 13.6. The molecular formula is C35H51N5O5. The number of nitrogens with one attached hydrogen (secondary N) is 3. The number of alkyl carbamates (subject to hydrolysis) is 1. The Bertz CT molecular complexity index is 1400. The van der Waals surface area contributed by atoms with Crippen molar-refractivity contribution < 1.29 is 24.2 Å². The molecule has 1 aromatic carbocycles. The van der Waals surface area contributed by atoms with Crippen LogP contribution in [0.15, 0.2) is 54.9 Å². The molecule has 4 N–H and O–H groups in total. The van der Waals surface area contributed by atoms with Gasteiger partial charge in [-0.3, -0.25) is 9.59 Å².